The van der Waals surface area contributed by atoms with Gasteiger partial charge in [0, 0.05) is 37.6 Å². The van der Waals surface area contributed by atoms with E-state index < -0.39 is 0 Å². The van der Waals surface area contributed by atoms with Gasteiger partial charge < -0.3 is 9.64 Å². The van der Waals surface area contributed by atoms with Gasteiger partial charge in [0.15, 0.2) is 0 Å². The largest absolute Gasteiger partial charge is 0.379 e. The van der Waals surface area contributed by atoms with Crippen molar-refractivity contribution in [3.8, 4) is 0 Å². The molecule has 2 saturated heterocycles. The predicted octanol–water partition coefficient (Wildman–Crippen LogP) is 2.65. The Hall–Kier alpha value is -2.10. The van der Waals surface area contributed by atoms with Crippen LogP contribution in [-0.4, -0.2) is 69.0 Å². The standard InChI is InChI=1S/C21H29N7OS/c1-15-16(2)30-21-19(15)20(24-18(25-21)12-26-6-8-29-9-7-26)27-5-3-4-17(10-27)11-28-14-22-13-23-28/h13-14,17H,3-12H2,1-2H3. The first-order valence-corrected chi connectivity index (χ1v) is 11.6. The fourth-order valence-electron chi connectivity index (χ4n) is 4.53. The van der Waals surface area contributed by atoms with E-state index in [-0.39, 0.29) is 0 Å². The van der Waals surface area contributed by atoms with Crippen LogP contribution < -0.4 is 4.90 Å². The van der Waals surface area contributed by atoms with Crippen molar-refractivity contribution < 1.29 is 4.74 Å². The van der Waals surface area contributed by atoms with Crippen molar-refractivity contribution in [3.05, 3.63) is 28.9 Å². The molecule has 1 atom stereocenters. The van der Waals surface area contributed by atoms with E-state index in [1.54, 1.807) is 17.7 Å². The van der Waals surface area contributed by atoms with Gasteiger partial charge in [0.05, 0.1) is 25.1 Å². The second-order valence-corrected chi connectivity index (χ2v) is 9.59. The molecule has 5 heterocycles. The van der Waals surface area contributed by atoms with E-state index in [0.29, 0.717) is 5.92 Å². The highest BCUT2D eigenvalue weighted by molar-refractivity contribution is 7.18. The minimum absolute atomic E-state index is 0.549. The third-order valence-corrected chi connectivity index (χ3v) is 7.36. The van der Waals surface area contributed by atoms with Crippen molar-refractivity contribution in [2.45, 2.75) is 39.8 Å². The minimum Gasteiger partial charge on any atom is -0.379 e. The van der Waals surface area contributed by atoms with E-state index in [2.05, 4.69) is 33.7 Å². The Balaban J connectivity index is 1.45. The van der Waals surface area contributed by atoms with Crippen molar-refractivity contribution in [1.82, 2.24) is 29.6 Å². The zero-order valence-corrected chi connectivity index (χ0v) is 18.6. The fourth-order valence-corrected chi connectivity index (χ4v) is 5.57. The number of ether oxygens (including phenoxy) is 1. The van der Waals surface area contributed by atoms with Gasteiger partial charge in [0.1, 0.15) is 29.1 Å². The Labute approximate surface area is 180 Å². The van der Waals surface area contributed by atoms with Crippen LogP contribution in [0, 0.1) is 19.8 Å². The molecule has 0 amide bonds. The summed E-state index contributed by atoms with van der Waals surface area (Å²) < 4.78 is 7.45. The van der Waals surface area contributed by atoms with E-state index in [0.717, 1.165) is 69.0 Å². The summed E-state index contributed by atoms with van der Waals surface area (Å²) in [7, 11) is 0. The second-order valence-electron chi connectivity index (χ2n) is 8.39. The molecule has 2 aliphatic heterocycles. The molecule has 1 unspecified atom stereocenters. The van der Waals surface area contributed by atoms with E-state index in [4.69, 9.17) is 14.7 Å². The molecule has 0 bridgehead atoms. The number of aryl methyl sites for hydroxylation is 2. The maximum atomic E-state index is 5.50. The molecule has 0 saturated carbocycles. The summed E-state index contributed by atoms with van der Waals surface area (Å²) in [5, 5.41) is 5.54. The van der Waals surface area contributed by atoms with Crippen LogP contribution in [0.1, 0.15) is 29.1 Å². The van der Waals surface area contributed by atoms with Crippen molar-refractivity contribution in [3.63, 3.8) is 0 Å². The molecule has 0 spiro atoms. The summed E-state index contributed by atoms with van der Waals surface area (Å²) >= 11 is 1.79. The maximum Gasteiger partial charge on any atom is 0.146 e. The first-order valence-electron chi connectivity index (χ1n) is 10.8. The number of nitrogens with zero attached hydrogens (tertiary/aromatic N) is 7. The van der Waals surface area contributed by atoms with Crippen LogP contribution in [0.25, 0.3) is 10.2 Å². The molecule has 8 nitrogen and oxygen atoms in total. The molecule has 0 N–H and O–H groups in total. The van der Waals surface area contributed by atoms with Gasteiger partial charge in [-0.2, -0.15) is 5.10 Å². The lowest BCUT2D eigenvalue weighted by atomic mass is 9.97. The van der Waals surface area contributed by atoms with E-state index in [9.17, 15) is 0 Å². The lowest BCUT2D eigenvalue weighted by molar-refractivity contribution is 0.0331. The van der Waals surface area contributed by atoms with Gasteiger partial charge in [-0.15, -0.1) is 11.3 Å². The summed E-state index contributed by atoms with van der Waals surface area (Å²) in [6.07, 6.45) is 5.82. The predicted molar refractivity (Wildman–Crippen MR) is 118 cm³/mol. The van der Waals surface area contributed by atoms with Gasteiger partial charge in [-0.3, -0.25) is 9.58 Å². The number of morpholine rings is 1. The van der Waals surface area contributed by atoms with E-state index >= 15 is 0 Å². The molecule has 5 rings (SSSR count). The lowest BCUT2D eigenvalue weighted by Gasteiger charge is -2.34. The third kappa shape index (κ3) is 4.06. The average Bonchev–Trinajstić information content (AvgIpc) is 3.36. The molecule has 0 radical (unpaired) electrons. The number of rotatable bonds is 5. The molecule has 2 aliphatic rings. The summed E-state index contributed by atoms with van der Waals surface area (Å²) in [6, 6.07) is 0. The normalized spacial score (nSPS) is 20.9. The molecule has 2 fully saturated rings. The van der Waals surface area contributed by atoms with Crippen LogP contribution in [0.2, 0.25) is 0 Å². The molecular weight excluding hydrogens is 398 g/mol. The van der Waals surface area contributed by atoms with Crippen LogP contribution in [-0.2, 0) is 17.8 Å². The lowest BCUT2D eigenvalue weighted by Crippen LogP contribution is -2.38. The molecule has 160 valence electrons. The Kier molecular flexibility index (Phi) is 5.66. The van der Waals surface area contributed by atoms with Crippen LogP contribution in [0.4, 0.5) is 5.82 Å². The van der Waals surface area contributed by atoms with Gasteiger partial charge in [0.2, 0.25) is 0 Å². The molecule has 3 aromatic rings. The fraction of sp³-hybridized carbons (Fsp3) is 0.619. The zero-order valence-electron chi connectivity index (χ0n) is 17.8. The number of aromatic nitrogens is 5. The van der Waals surface area contributed by atoms with Crippen molar-refractivity contribution in [2.75, 3.05) is 44.3 Å². The molecule has 0 aliphatic carbocycles. The average molecular weight is 428 g/mol. The Bertz CT molecular complexity index is 997. The van der Waals surface area contributed by atoms with Crippen LogP contribution in [0.15, 0.2) is 12.7 Å². The second kappa shape index (κ2) is 8.56. The summed E-state index contributed by atoms with van der Waals surface area (Å²) in [5.74, 6) is 2.60. The van der Waals surface area contributed by atoms with Crippen LogP contribution >= 0.6 is 11.3 Å². The van der Waals surface area contributed by atoms with Gasteiger partial charge in [-0.25, -0.2) is 15.0 Å². The van der Waals surface area contributed by atoms with Gasteiger partial charge >= 0.3 is 0 Å². The number of thiophene rings is 1. The first-order chi connectivity index (χ1) is 14.7. The van der Waals surface area contributed by atoms with Gasteiger partial charge in [0.25, 0.3) is 0 Å². The molecule has 0 aromatic carbocycles. The Morgan fingerprint density at radius 1 is 1.17 bits per heavy atom. The third-order valence-electron chi connectivity index (χ3n) is 6.25. The van der Waals surface area contributed by atoms with E-state index in [1.807, 2.05) is 11.0 Å². The molecule has 9 heteroatoms. The Morgan fingerprint density at radius 3 is 2.83 bits per heavy atom. The van der Waals surface area contributed by atoms with Crippen molar-refractivity contribution in [1.29, 1.82) is 0 Å². The first kappa shape index (κ1) is 19.8. The zero-order chi connectivity index (χ0) is 20.5. The number of piperidine rings is 1. The monoisotopic (exact) mass is 427 g/mol. The number of hydrogen-bond acceptors (Lipinski definition) is 8. The molecular formula is C21H29N7OS. The molecule has 30 heavy (non-hydrogen) atoms. The number of hydrogen-bond donors (Lipinski definition) is 0. The van der Waals surface area contributed by atoms with Crippen LogP contribution in [0.5, 0.6) is 0 Å². The quantitative estimate of drug-likeness (QED) is 0.620. The van der Waals surface area contributed by atoms with Crippen LogP contribution in [0.3, 0.4) is 0 Å². The van der Waals surface area contributed by atoms with Gasteiger partial charge in [-0.05, 0) is 38.2 Å². The van der Waals surface area contributed by atoms with Gasteiger partial charge in [-0.1, -0.05) is 0 Å². The minimum atomic E-state index is 0.549. The maximum absolute atomic E-state index is 5.50. The van der Waals surface area contributed by atoms with Crippen molar-refractivity contribution >= 4 is 27.4 Å². The summed E-state index contributed by atoms with van der Waals surface area (Å²) in [5.41, 5.74) is 1.32. The summed E-state index contributed by atoms with van der Waals surface area (Å²) in [4.78, 5) is 21.5. The highest BCUT2D eigenvalue weighted by atomic mass is 32.1. The number of fused-ring (bicyclic) bond motifs is 1. The van der Waals surface area contributed by atoms with E-state index in [1.165, 1.54) is 28.7 Å². The molecule has 3 aromatic heterocycles. The highest BCUT2D eigenvalue weighted by Crippen LogP contribution is 2.36. The number of anilines is 1. The highest BCUT2D eigenvalue weighted by Gasteiger charge is 2.26. The Morgan fingerprint density at radius 2 is 2.03 bits per heavy atom. The topological polar surface area (TPSA) is 72.2 Å². The summed E-state index contributed by atoms with van der Waals surface area (Å²) in [6.45, 7) is 11.6. The van der Waals surface area contributed by atoms with Crippen molar-refractivity contribution in [2.24, 2.45) is 5.92 Å². The SMILES string of the molecule is Cc1sc2nc(CN3CCOCC3)nc(N3CCCC(Cn4cncn4)C3)c2c1C. The smallest absolute Gasteiger partial charge is 0.146 e.